The fraction of sp³-hybridized carbons (Fsp3) is 0.143. The number of anilines is 1. The third-order valence-electron chi connectivity index (χ3n) is 4.47. The van der Waals surface area contributed by atoms with Gasteiger partial charge in [0.2, 0.25) is 11.5 Å². The molecule has 0 saturated carbocycles. The SMILES string of the molecule is Cc1ccc(C(=O)/C(C#N)=N\Nc2c(C)n(C)n(-c3ccccc3)c2=O)cc1. The van der Waals surface area contributed by atoms with Crippen molar-refractivity contribution in [3.63, 3.8) is 0 Å². The van der Waals surface area contributed by atoms with Gasteiger partial charge in [0.25, 0.3) is 5.56 Å². The Hall–Kier alpha value is -3.92. The van der Waals surface area contributed by atoms with E-state index in [1.54, 1.807) is 49.0 Å². The minimum Gasteiger partial charge on any atom is -0.286 e. The number of nitrogens with one attached hydrogen (secondary N) is 1. The van der Waals surface area contributed by atoms with Crippen molar-refractivity contribution < 1.29 is 4.79 Å². The number of aromatic nitrogens is 2. The zero-order valence-corrected chi connectivity index (χ0v) is 15.8. The lowest BCUT2D eigenvalue weighted by atomic mass is 10.1. The number of aryl methyl sites for hydroxylation is 1. The Labute approximate surface area is 162 Å². The number of rotatable bonds is 5. The number of carbonyl (C=O) groups is 1. The number of Topliss-reactive ketones (excluding diaryl/α,β-unsaturated/α-hetero) is 1. The molecule has 140 valence electrons. The van der Waals surface area contributed by atoms with E-state index >= 15 is 0 Å². The van der Waals surface area contributed by atoms with Crippen LogP contribution in [-0.4, -0.2) is 20.9 Å². The Balaban J connectivity index is 1.95. The number of carbonyl (C=O) groups excluding carboxylic acids is 1. The maximum atomic E-state index is 12.8. The maximum absolute atomic E-state index is 12.8. The fourth-order valence-electron chi connectivity index (χ4n) is 2.78. The second-order valence-corrected chi connectivity index (χ2v) is 6.32. The van der Waals surface area contributed by atoms with E-state index in [4.69, 9.17) is 0 Å². The van der Waals surface area contributed by atoms with Crippen molar-refractivity contribution in [2.45, 2.75) is 13.8 Å². The van der Waals surface area contributed by atoms with Crippen LogP contribution in [-0.2, 0) is 7.05 Å². The topological polar surface area (TPSA) is 92.2 Å². The molecule has 0 amide bonds. The van der Waals surface area contributed by atoms with Crippen molar-refractivity contribution in [3.8, 4) is 11.8 Å². The normalized spacial score (nSPS) is 11.1. The van der Waals surface area contributed by atoms with E-state index in [0.29, 0.717) is 16.9 Å². The molecule has 1 heterocycles. The van der Waals surface area contributed by atoms with Crippen LogP contribution in [0.1, 0.15) is 21.6 Å². The van der Waals surface area contributed by atoms with E-state index < -0.39 is 5.78 Å². The van der Waals surface area contributed by atoms with Gasteiger partial charge in [-0.15, -0.1) is 0 Å². The zero-order valence-electron chi connectivity index (χ0n) is 15.8. The number of benzene rings is 2. The quantitative estimate of drug-likeness (QED) is 0.423. The first-order valence-electron chi connectivity index (χ1n) is 8.63. The molecule has 0 aliphatic carbocycles. The Morgan fingerprint density at radius 3 is 2.32 bits per heavy atom. The molecule has 0 saturated heterocycles. The largest absolute Gasteiger partial charge is 0.296 e. The minimum absolute atomic E-state index is 0.204. The van der Waals surface area contributed by atoms with Crippen molar-refractivity contribution in [3.05, 3.63) is 81.8 Å². The van der Waals surface area contributed by atoms with Gasteiger partial charge in [0.15, 0.2) is 0 Å². The summed E-state index contributed by atoms with van der Waals surface area (Å²) < 4.78 is 3.17. The Bertz CT molecular complexity index is 1150. The van der Waals surface area contributed by atoms with Crippen LogP contribution in [0.2, 0.25) is 0 Å². The van der Waals surface area contributed by atoms with Crippen LogP contribution >= 0.6 is 0 Å². The molecule has 1 aromatic heterocycles. The fourth-order valence-corrected chi connectivity index (χ4v) is 2.78. The van der Waals surface area contributed by atoms with Gasteiger partial charge < -0.3 is 0 Å². The lowest BCUT2D eigenvalue weighted by Crippen LogP contribution is -2.21. The van der Waals surface area contributed by atoms with Crippen LogP contribution < -0.4 is 11.0 Å². The van der Waals surface area contributed by atoms with Gasteiger partial charge in [-0.05, 0) is 26.0 Å². The summed E-state index contributed by atoms with van der Waals surface area (Å²) >= 11 is 0. The third kappa shape index (κ3) is 3.48. The van der Waals surface area contributed by atoms with Gasteiger partial charge in [0.05, 0.1) is 11.4 Å². The summed E-state index contributed by atoms with van der Waals surface area (Å²) in [6, 6.07) is 17.8. The van der Waals surface area contributed by atoms with E-state index in [9.17, 15) is 14.9 Å². The van der Waals surface area contributed by atoms with Crippen LogP contribution in [0.3, 0.4) is 0 Å². The first-order chi connectivity index (χ1) is 13.4. The van der Waals surface area contributed by atoms with E-state index in [2.05, 4.69) is 10.5 Å². The van der Waals surface area contributed by atoms with Crippen molar-refractivity contribution >= 4 is 17.2 Å². The van der Waals surface area contributed by atoms with Crippen molar-refractivity contribution in [1.29, 1.82) is 5.26 Å². The van der Waals surface area contributed by atoms with Gasteiger partial charge in [-0.2, -0.15) is 10.4 Å². The zero-order chi connectivity index (χ0) is 20.3. The molecule has 7 nitrogen and oxygen atoms in total. The van der Waals surface area contributed by atoms with E-state index in [1.165, 1.54) is 4.68 Å². The molecular formula is C21H19N5O2. The predicted molar refractivity (Wildman–Crippen MR) is 108 cm³/mol. The van der Waals surface area contributed by atoms with Gasteiger partial charge >= 0.3 is 0 Å². The summed E-state index contributed by atoms with van der Waals surface area (Å²) in [5.74, 6) is -0.507. The highest BCUT2D eigenvalue weighted by atomic mass is 16.1. The molecule has 0 radical (unpaired) electrons. The molecule has 7 heteroatoms. The first kappa shape index (κ1) is 18.9. The summed E-state index contributed by atoms with van der Waals surface area (Å²) in [4.78, 5) is 25.3. The molecule has 0 fully saturated rings. The Morgan fingerprint density at radius 1 is 1.07 bits per heavy atom. The maximum Gasteiger partial charge on any atom is 0.296 e. The molecular weight excluding hydrogens is 354 g/mol. The van der Waals surface area contributed by atoms with E-state index in [1.807, 2.05) is 37.3 Å². The molecule has 0 unspecified atom stereocenters. The molecule has 0 spiro atoms. The third-order valence-corrected chi connectivity index (χ3v) is 4.47. The van der Waals surface area contributed by atoms with Crippen LogP contribution in [0.5, 0.6) is 0 Å². The highest BCUT2D eigenvalue weighted by Gasteiger charge is 2.18. The number of hydrogen-bond donors (Lipinski definition) is 1. The molecule has 0 bridgehead atoms. The smallest absolute Gasteiger partial charge is 0.286 e. The first-order valence-corrected chi connectivity index (χ1v) is 8.63. The highest BCUT2D eigenvalue weighted by molar-refractivity contribution is 6.51. The molecule has 3 rings (SSSR count). The van der Waals surface area contributed by atoms with Crippen LogP contribution in [0.15, 0.2) is 64.5 Å². The molecule has 28 heavy (non-hydrogen) atoms. The molecule has 1 N–H and O–H groups in total. The molecule has 0 aliphatic heterocycles. The van der Waals surface area contributed by atoms with Gasteiger partial charge in [-0.1, -0.05) is 48.0 Å². The summed E-state index contributed by atoms with van der Waals surface area (Å²) in [5.41, 5.74) is 4.86. The lowest BCUT2D eigenvalue weighted by Gasteiger charge is -2.07. The number of hydrazone groups is 1. The minimum atomic E-state index is -0.507. The summed E-state index contributed by atoms with van der Waals surface area (Å²) in [7, 11) is 1.75. The second-order valence-electron chi connectivity index (χ2n) is 6.32. The Morgan fingerprint density at radius 2 is 1.71 bits per heavy atom. The highest BCUT2D eigenvalue weighted by Crippen LogP contribution is 2.14. The second kappa shape index (κ2) is 7.76. The number of hydrogen-bond acceptors (Lipinski definition) is 5. The van der Waals surface area contributed by atoms with Gasteiger partial charge in [0, 0.05) is 12.6 Å². The van der Waals surface area contributed by atoms with Crippen molar-refractivity contribution in [2.75, 3.05) is 5.43 Å². The standard InChI is InChI=1S/C21H19N5O2/c1-14-9-11-16(12-10-14)20(27)18(13-22)23-24-19-15(2)25(3)26(21(19)28)17-7-5-4-6-8-17/h4-12,24H,1-3H3/b23-18-. The average molecular weight is 373 g/mol. The lowest BCUT2D eigenvalue weighted by molar-refractivity contribution is 0.106. The number of para-hydroxylation sites is 1. The van der Waals surface area contributed by atoms with Crippen molar-refractivity contribution in [1.82, 2.24) is 9.36 Å². The summed E-state index contributed by atoms with van der Waals surface area (Å²) in [5, 5.41) is 13.2. The number of nitrogens with zero attached hydrogens (tertiary/aromatic N) is 4. The van der Waals surface area contributed by atoms with Gasteiger partial charge in [-0.25, -0.2) is 4.68 Å². The monoisotopic (exact) mass is 373 g/mol. The van der Waals surface area contributed by atoms with Crippen LogP contribution in [0, 0.1) is 25.2 Å². The summed E-state index contributed by atoms with van der Waals surface area (Å²) in [6.07, 6.45) is 0. The van der Waals surface area contributed by atoms with Gasteiger partial charge in [0.1, 0.15) is 11.8 Å². The van der Waals surface area contributed by atoms with Crippen LogP contribution in [0.25, 0.3) is 5.69 Å². The predicted octanol–water partition coefficient (Wildman–Crippen LogP) is 2.97. The summed E-state index contributed by atoms with van der Waals surface area (Å²) in [6.45, 7) is 3.66. The number of nitriles is 1. The van der Waals surface area contributed by atoms with E-state index in [0.717, 1.165) is 5.56 Å². The molecule has 0 atom stereocenters. The van der Waals surface area contributed by atoms with Crippen LogP contribution in [0.4, 0.5) is 5.69 Å². The van der Waals surface area contributed by atoms with Gasteiger partial charge in [-0.3, -0.25) is 19.7 Å². The van der Waals surface area contributed by atoms with Crippen molar-refractivity contribution in [2.24, 2.45) is 12.1 Å². The molecule has 3 aromatic rings. The van der Waals surface area contributed by atoms with E-state index in [-0.39, 0.29) is 17.0 Å². The number of ketones is 1. The molecule has 0 aliphatic rings. The Kier molecular flexibility index (Phi) is 5.23. The average Bonchev–Trinajstić information content (AvgIpc) is 2.92. The molecule has 2 aromatic carbocycles.